The van der Waals surface area contributed by atoms with Crippen molar-refractivity contribution in [2.45, 2.75) is 6.04 Å². The molecule has 0 fully saturated rings. The Kier molecular flexibility index (Phi) is 6.38. The second kappa shape index (κ2) is 10.1. The highest BCUT2D eigenvalue weighted by Gasteiger charge is 2.26. The number of rotatable bonds is 7. The maximum Gasteiger partial charge on any atom is 0.341 e. The Bertz CT molecular complexity index is 1750. The van der Waals surface area contributed by atoms with Crippen molar-refractivity contribution in [1.29, 1.82) is 0 Å². The van der Waals surface area contributed by atoms with Gasteiger partial charge in [0.2, 0.25) is 6.04 Å². The lowest BCUT2D eigenvalue weighted by molar-refractivity contribution is -0.117. The number of carbonyl (C=O) groups excluding carboxylic acids is 1. The quantitative estimate of drug-likeness (QED) is 0.189. The third-order valence-corrected chi connectivity index (χ3v) is 5.41. The van der Waals surface area contributed by atoms with E-state index in [0.717, 1.165) is 10.9 Å². The van der Waals surface area contributed by atoms with Crippen molar-refractivity contribution in [2.75, 3.05) is 5.32 Å². The van der Waals surface area contributed by atoms with Crippen molar-refractivity contribution in [3.05, 3.63) is 101 Å². The van der Waals surface area contributed by atoms with E-state index in [9.17, 15) is 24.6 Å². The molecule has 2 aromatic carbocycles. The van der Waals surface area contributed by atoms with Gasteiger partial charge in [0.15, 0.2) is 11.6 Å². The van der Waals surface area contributed by atoms with Crippen LogP contribution in [0.15, 0.2) is 94.1 Å². The monoisotopic (exact) mass is 510 g/mol. The molecule has 5 rings (SSSR count). The number of azo groups is 1. The third kappa shape index (κ3) is 4.70. The first kappa shape index (κ1) is 24.0. The van der Waals surface area contributed by atoms with Crippen LogP contribution in [-0.2, 0) is 4.79 Å². The van der Waals surface area contributed by atoms with Gasteiger partial charge in [-0.05, 0) is 36.4 Å². The van der Waals surface area contributed by atoms with Gasteiger partial charge in [0.25, 0.3) is 11.5 Å². The van der Waals surface area contributed by atoms with Crippen LogP contribution in [0.5, 0.6) is 5.75 Å². The number of anilines is 1. The molecule has 0 aliphatic heterocycles. The number of aromatic carboxylic acids is 1. The summed E-state index contributed by atoms with van der Waals surface area (Å²) < 4.78 is 1.15. The molecule has 1 unspecified atom stereocenters. The number of pyridine rings is 1. The number of aromatic amines is 1. The zero-order chi connectivity index (χ0) is 26.6. The number of fused-ring (bicyclic) bond motifs is 1. The lowest BCUT2D eigenvalue weighted by Crippen LogP contribution is -2.24. The molecule has 1 atom stereocenters. The maximum atomic E-state index is 13.4. The Balaban J connectivity index is 1.62. The summed E-state index contributed by atoms with van der Waals surface area (Å²) >= 11 is 0. The number of carboxylic acid groups (broad SMARTS) is 1. The second-order valence-electron chi connectivity index (χ2n) is 7.88. The van der Waals surface area contributed by atoms with E-state index in [1.54, 1.807) is 54.6 Å². The molecule has 0 spiro atoms. The van der Waals surface area contributed by atoms with Crippen LogP contribution in [0, 0.1) is 0 Å². The molecule has 13 nitrogen and oxygen atoms in total. The van der Waals surface area contributed by atoms with Crippen LogP contribution in [0.3, 0.4) is 0 Å². The van der Waals surface area contributed by atoms with Crippen molar-refractivity contribution >= 4 is 34.3 Å². The van der Waals surface area contributed by atoms with Crippen LogP contribution < -0.4 is 10.9 Å². The fraction of sp³-hybridized carbons (Fsp3) is 0.0400. The number of phenolic OH excluding ortho intramolecular Hbond substituents is 1. The number of hydrogen-bond donors (Lipinski definition) is 4. The van der Waals surface area contributed by atoms with Crippen molar-refractivity contribution in [1.82, 2.24) is 24.7 Å². The van der Waals surface area contributed by atoms with E-state index in [2.05, 4.69) is 35.6 Å². The molecule has 0 aliphatic rings. The standard InChI is InChI=1S/C25H18N8O5/c34-18-10-4-3-9-17(18)29-24(36)20(21-28-16-8-2-1-7-14(16)23(35)30-21)31-32-22-15(25(37)38)13-27-33(22)19-11-5-6-12-26-19/h1-13,20,34H,(H,29,36)(H,37,38)(H,28,30,35). The van der Waals surface area contributed by atoms with Crippen molar-refractivity contribution < 1.29 is 19.8 Å². The Morgan fingerprint density at radius 2 is 1.79 bits per heavy atom. The molecule has 0 bridgehead atoms. The van der Waals surface area contributed by atoms with Gasteiger partial charge in [0.05, 0.1) is 22.8 Å². The average Bonchev–Trinajstić information content (AvgIpc) is 3.35. The second-order valence-corrected chi connectivity index (χ2v) is 7.88. The minimum atomic E-state index is -1.54. The number of para-hydroxylation sites is 3. The van der Waals surface area contributed by atoms with Crippen LogP contribution in [0.2, 0.25) is 0 Å². The molecular weight excluding hydrogens is 492 g/mol. The number of H-pyrrole nitrogens is 1. The van der Waals surface area contributed by atoms with E-state index in [1.807, 2.05) is 0 Å². The summed E-state index contributed by atoms with van der Waals surface area (Å²) in [5.74, 6) is -2.41. The molecule has 4 N–H and O–H groups in total. The Morgan fingerprint density at radius 3 is 2.55 bits per heavy atom. The number of carboxylic acids is 1. The van der Waals surface area contributed by atoms with E-state index in [1.165, 1.54) is 18.3 Å². The largest absolute Gasteiger partial charge is 0.506 e. The first-order chi connectivity index (χ1) is 18.4. The first-order valence-electron chi connectivity index (χ1n) is 11.1. The topological polar surface area (TPSA) is 188 Å². The van der Waals surface area contributed by atoms with Crippen LogP contribution in [-0.4, -0.2) is 46.8 Å². The zero-order valence-electron chi connectivity index (χ0n) is 19.4. The predicted octanol–water partition coefficient (Wildman–Crippen LogP) is 3.37. The summed E-state index contributed by atoms with van der Waals surface area (Å²) in [5, 5.41) is 34.8. The first-order valence-corrected chi connectivity index (χ1v) is 11.1. The Morgan fingerprint density at radius 1 is 1.03 bits per heavy atom. The number of aromatic nitrogens is 5. The third-order valence-electron chi connectivity index (χ3n) is 5.41. The van der Waals surface area contributed by atoms with Gasteiger partial charge >= 0.3 is 5.97 Å². The number of hydrogen-bond acceptors (Lipinski definition) is 9. The smallest absolute Gasteiger partial charge is 0.341 e. The molecule has 0 radical (unpaired) electrons. The van der Waals surface area contributed by atoms with E-state index in [4.69, 9.17) is 0 Å². The van der Waals surface area contributed by atoms with Crippen molar-refractivity contribution in [3.8, 4) is 11.6 Å². The van der Waals surface area contributed by atoms with Crippen LogP contribution >= 0.6 is 0 Å². The minimum Gasteiger partial charge on any atom is -0.506 e. The molecule has 5 aromatic rings. The molecule has 0 saturated heterocycles. The Labute approximate surface area is 213 Å². The fourth-order valence-corrected chi connectivity index (χ4v) is 3.59. The molecule has 1 amide bonds. The minimum absolute atomic E-state index is 0.0885. The van der Waals surface area contributed by atoms with E-state index in [-0.39, 0.29) is 34.5 Å². The normalized spacial score (nSPS) is 12.0. The number of nitrogens with zero attached hydrogens (tertiary/aromatic N) is 6. The number of benzene rings is 2. The number of nitrogens with one attached hydrogen (secondary N) is 2. The highest BCUT2D eigenvalue weighted by atomic mass is 16.4. The summed E-state index contributed by atoms with van der Waals surface area (Å²) in [5.41, 5.74) is -0.401. The lowest BCUT2D eigenvalue weighted by Gasteiger charge is -2.13. The zero-order valence-corrected chi connectivity index (χ0v) is 19.4. The Hall–Kier alpha value is -5.72. The van der Waals surface area contributed by atoms with Crippen LogP contribution in [0.25, 0.3) is 16.7 Å². The summed E-state index contributed by atoms with van der Waals surface area (Å²) in [4.78, 5) is 49.0. The van der Waals surface area contributed by atoms with Crippen LogP contribution in [0.4, 0.5) is 11.5 Å². The molecule has 0 aliphatic carbocycles. The average molecular weight is 510 g/mol. The summed E-state index contributed by atoms with van der Waals surface area (Å²) in [6.07, 6.45) is 2.57. The molecular formula is C25H18N8O5. The number of amides is 1. The van der Waals surface area contributed by atoms with Gasteiger partial charge in [-0.3, -0.25) is 9.59 Å². The highest BCUT2D eigenvalue weighted by Crippen LogP contribution is 2.28. The van der Waals surface area contributed by atoms with Crippen LogP contribution in [0.1, 0.15) is 22.2 Å². The molecule has 3 aromatic heterocycles. The van der Waals surface area contributed by atoms with Gasteiger partial charge in [0.1, 0.15) is 17.1 Å². The van der Waals surface area contributed by atoms with E-state index < -0.39 is 23.5 Å². The maximum absolute atomic E-state index is 13.4. The SMILES string of the molecule is O=C(O)c1cnn(-c2ccccn2)c1N=NC(C(=O)Nc1ccccc1O)c1nc2ccccc2c(=O)[nH]1. The molecule has 13 heteroatoms. The number of carbonyl (C=O) groups is 2. The molecule has 38 heavy (non-hydrogen) atoms. The van der Waals surface area contributed by atoms with Gasteiger partial charge < -0.3 is 20.5 Å². The van der Waals surface area contributed by atoms with Gasteiger partial charge in [0, 0.05) is 6.20 Å². The number of aromatic hydroxyl groups is 1. The predicted molar refractivity (Wildman–Crippen MR) is 135 cm³/mol. The molecule has 0 saturated carbocycles. The summed E-state index contributed by atoms with van der Waals surface area (Å²) in [6, 6.07) is 16.0. The number of phenols is 1. The highest BCUT2D eigenvalue weighted by molar-refractivity contribution is 5.96. The summed E-state index contributed by atoms with van der Waals surface area (Å²) in [6.45, 7) is 0. The van der Waals surface area contributed by atoms with Crippen molar-refractivity contribution in [2.24, 2.45) is 10.2 Å². The van der Waals surface area contributed by atoms with Crippen molar-refractivity contribution in [3.63, 3.8) is 0 Å². The van der Waals surface area contributed by atoms with Gasteiger partial charge in [-0.1, -0.05) is 30.3 Å². The van der Waals surface area contributed by atoms with Gasteiger partial charge in [-0.25, -0.2) is 14.8 Å². The van der Waals surface area contributed by atoms with E-state index in [0.29, 0.717) is 10.9 Å². The van der Waals surface area contributed by atoms with Gasteiger partial charge in [-0.15, -0.1) is 5.11 Å². The summed E-state index contributed by atoms with van der Waals surface area (Å²) in [7, 11) is 0. The van der Waals surface area contributed by atoms with Gasteiger partial charge in [-0.2, -0.15) is 14.9 Å². The molecule has 3 heterocycles. The van der Waals surface area contributed by atoms with E-state index >= 15 is 0 Å². The molecule has 188 valence electrons. The fourth-order valence-electron chi connectivity index (χ4n) is 3.59. The lowest BCUT2D eigenvalue weighted by atomic mass is 10.2.